The van der Waals surface area contributed by atoms with Gasteiger partial charge in [0.15, 0.2) is 0 Å². The fourth-order valence-corrected chi connectivity index (χ4v) is 1.88. The van der Waals surface area contributed by atoms with Crippen LogP contribution in [0.15, 0.2) is 30.3 Å². The molecule has 0 aromatic heterocycles. The number of esters is 1. The number of ether oxygens (including phenoxy) is 2. The Kier molecular flexibility index (Phi) is 7.15. The molecule has 0 fully saturated rings. The number of hydrogen-bond acceptors (Lipinski definition) is 4. The van der Waals surface area contributed by atoms with Crippen molar-refractivity contribution in [3.8, 4) is 0 Å². The van der Waals surface area contributed by atoms with Gasteiger partial charge in [0, 0.05) is 6.61 Å². The second kappa shape index (κ2) is 8.67. The number of aliphatic hydroxyl groups is 1. The van der Waals surface area contributed by atoms with Gasteiger partial charge < -0.3 is 14.6 Å². The fourth-order valence-electron chi connectivity index (χ4n) is 1.88. The molecule has 0 bridgehead atoms. The normalized spacial score (nSPS) is 13.8. The summed E-state index contributed by atoms with van der Waals surface area (Å²) in [5, 5.41) is 9.78. The molecule has 0 radical (unpaired) electrons. The highest BCUT2D eigenvalue weighted by molar-refractivity contribution is 5.72. The van der Waals surface area contributed by atoms with Gasteiger partial charge >= 0.3 is 5.97 Å². The van der Waals surface area contributed by atoms with Crippen molar-refractivity contribution in [2.24, 2.45) is 5.92 Å². The minimum absolute atomic E-state index is 0.377. The minimum Gasteiger partial charge on any atom is -0.469 e. The zero-order valence-electron chi connectivity index (χ0n) is 11.5. The maximum atomic E-state index is 11.5. The first-order valence-electron chi connectivity index (χ1n) is 6.56. The molecule has 1 rings (SSSR count). The summed E-state index contributed by atoms with van der Waals surface area (Å²) in [6.07, 6.45) is 0.320. The van der Waals surface area contributed by atoms with Crippen molar-refractivity contribution in [1.82, 2.24) is 0 Å². The van der Waals surface area contributed by atoms with Crippen molar-refractivity contribution >= 4 is 5.97 Å². The highest BCUT2D eigenvalue weighted by Gasteiger charge is 2.26. The predicted octanol–water partition coefficient (Wildman–Crippen LogP) is 2.15. The van der Waals surface area contributed by atoms with Crippen molar-refractivity contribution in [2.45, 2.75) is 32.5 Å². The first kappa shape index (κ1) is 15.7. The van der Waals surface area contributed by atoms with Crippen LogP contribution < -0.4 is 0 Å². The average molecular weight is 266 g/mol. The topological polar surface area (TPSA) is 55.8 Å². The van der Waals surface area contributed by atoms with Crippen LogP contribution in [0.4, 0.5) is 0 Å². The molecule has 0 heterocycles. The lowest BCUT2D eigenvalue weighted by Gasteiger charge is -2.19. The fraction of sp³-hybridized carbons (Fsp3) is 0.533. The lowest BCUT2D eigenvalue weighted by molar-refractivity contribution is -0.150. The van der Waals surface area contributed by atoms with E-state index in [-0.39, 0.29) is 5.97 Å². The molecule has 1 aromatic carbocycles. The van der Waals surface area contributed by atoms with Gasteiger partial charge in [-0.1, -0.05) is 37.3 Å². The summed E-state index contributed by atoms with van der Waals surface area (Å²) in [5.41, 5.74) is 1.09. The Morgan fingerprint density at radius 1 is 1.32 bits per heavy atom. The van der Waals surface area contributed by atoms with Gasteiger partial charge in [-0.2, -0.15) is 0 Å². The van der Waals surface area contributed by atoms with E-state index in [1.165, 1.54) is 7.11 Å². The molecule has 0 amide bonds. The van der Waals surface area contributed by atoms with Crippen LogP contribution in [0.5, 0.6) is 0 Å². The Morgan fingerprint density at radius 3 is 2.58 bits per heavy atom. The van der Waals surface area contributed by atoms with Crippen LogP contribution in [0.1, 0.15) is 25.3 Å². The molecule has 0 saturated heterocycles. The third-order valence-electron chi connectivity index (χ3n) is 3.07. The quantitative estimate of drug-likeness (QED) is 0.578. The van der Waals surface area contributed by atoms with Crippen LogP contribution in [0.2, 0.25) is 0 Å². The smallest absolute Gasteiger partial charge is 0.311 e. The molecule has 0 saturated carbocycles. The second-order valence-corrected chi connectivity index (χ2v) is 4.43. The van der Waals surface area contributed by atoms with E-state index >= 15 is 0 Å². The number of benzene rings is 1. The Hall–Kier alpha value is -1.39. The molecular formula is C15H22O4. The molecule has 0 spiro atoms. The highest BCUT2D eigenvalue weighted by atomic mass is 16.5. The van der Waals surface area contributed by atoms with E-state index in [1.807, 2.05) is 37.3 Å². The average Bonchev–Trinajstić information content (AvgIpc) is 2.47. The van der Waals surface area contributed by atoms with E-state index in [1.54, 1.807) is 0 Å². The van der Waals surface area contributed by atoms with Crippen LogP contribution >= 0.6 is 0 Å². The summed E-state index contributed by atoms with van der Waals surface area (Å²) in [4.78, 5) is 11.5. The van der Waals surface area contributed by atoms with Gasteiger partial charge in [0.2, 0.25) is 0 Å². The predicted molar refractivity (Wildman–Crippen MR) is 72.5 cm³/mol. The molecule has 0 aliphatic heterocycles. The first-order valence-corrected chi connectivity index (χ1v) is 6.56. The van der Waals surface area contributed by atoms with Crippen molar-refractivity contribution < 1.29 is 19.4 Å². The van der Waals surface area contributed by atoms with E-state index < -0.39 is 12.0 Å². The van der Waals surface area contributed by atoms with Gasteiger partial charge in [0.1, 0.15) is 0 Å². The molecule has 0 aliphatic carbocycles. The van der Waals surface area contributed by atoms with Crippen LogP contribution in [-0.4, -0.2) is 30.9 Å². The number of aliphatic hydroxyl groups excluding tert-OH is 1. The maximum Gasteiger partial charge on any atom is 0.311 e. The lowest BCUT2D eigenvalue weighted by Crippen LogP contribution is -2.30. The third-order valence-corrected chi connectivity index (χ3v) is 3.07. The molecule has 4 nitrogen and oxygen atoms in total. The van der Waals surface area contributed by atoms with Crippen LogP contribution in [0, 0.1) is 5.92 Å². The molecule has 2 unspecified atom stereocenters. The molecule has 2 atom stereocenters. The minimum atomic E-state index is -0.673. The molecule has 4 heteroatoms. The van der Waals surface area contributed by atoms with Crippen LogP contribution in [0.3, 0.4) is 0 Å². The number of rotatable bonds is 8. The second-order valence-electron chi connectivity index (χ2n) is 4.43. The molecule has 106 valence electrons. The van der Waals surface area contributed by atoms with Gasteiger partial charge in [-0.3, -0.25) is 4.79 Å². The van der Waals surface area contributed by atoms with E-state index in [4.69, 9.17) is 9.47 Å². The number of methoxy groups -OCH3 is 1. The number of hydrogen-bond donors (Lipinski definition) is 1. The summed E-state index contributed by atoms with van der Waals surface area (Å²) >= 11 is 0. The van der Waals surface area contributed by atoms with Gasteiger partial charge in [-0.05, 0) is 18.4 Å². The Bertz CT molecular complexity index is 364. The molecule has 1 aromatic rings. The summed E-state index contributed by atoms with van der Waals surface area (Å²) < 4.78 is 10.2. The third kappa shape index (κ3) is 5.41. The summed E-state index contributed by atoms with van der Waals surface area (Å²) in [7, 11) is 1.34. The zero-order valence-corrected chi connectivity index (χ0v) is 11.5. The summed E-state index contributed by atoms with van der Waals surface area (Å²) in [6, 6.07) is 9.83. The van der Waals surface area contributed by atoms with E-state index in [0.29, 0.717) is 26.1 Å². The van der Waals surface area contributed by atoms with Gasteiger partial charge in [0.25, 0.3) is 0 Å². The number of carbonyl (C=O) groups excluding carboxylic acids is 1. The van der Waals surface area contributed by atoms with Crippen molar-refractivity contribution in [3.05, 3.63) is 35.9 Å². The van der Waals surface area contributed by atoms with E-state index in [9.17, 15) is 9.90 Å². The Morgan fingerprint density at radius 2 is 2.00 bits per heavy atom. The standard InChI is InChI=1S/C15H22O4/c1-3-14(16)13(15(17)18-2)9-10-19-11-12-7-5-4-6-8-12/h4-8,13-14,16H,3,9-11H2,1-2H3. The lowest BCUT2D eigenvalue weighted by atomic mass is 9.97. The van der Waals surface area contributed by atoms with E-state index in [0.717, 1.165) is 5.56 Å². The van der Waals surface area contributed by atoms with Crippen molar-refractivity contribution in [2.75, 3.05) is 13.7 Å². The van der Waals surface area contributed by atoms with Crippen LogP contribution in [-0.2, 0) is 20.9 Å². The Balaban J connectivity index is 2.34. The van der Waals surface area contributed by atoms with Gasteiger partial charge in [0.05, 0.1) is 25.7 Å². The first-order chi connectivity index (χ1) is 9.19. The Labute approximate surface area is 114 Å². The zero-order chi connectivity index (χ0) is 14.1. The SMILES string of the molecule is CCC(O)C(CCOCc1ccccc1)C(=O)OC. The monoisotopic (exact) mass is 266 g/mol. The summed E-state index contributed by atoms with van der Waals surface area (Å²) in [5.74, 6) is -0.886. The number of carbonyl (C=O) groups is 1. The van der Waals surface area contributed by atoms with Gasteiger partial charge in [-0.25, -0.2) is 0 Å². The highest BCUT2D eigenvalue weighted by Crippen LogP contribution is 2.14. The molecular weight excluding hydrogens is 244 g/mol. The van der Waals surface area contributed by atoms with Crippen molar-refractivity contribution in [1.29, 1.82) is 0 Å². The van der Waals surface area contributed by atoms with Gasteiger partial charge in [-0.15, -0.1) is 0 Å². The van der Waals surface area contributed by atoms with E-state index in [2.05, 4.69) is 0 Å². The molecule has 0 aliphatic rings. The maximum absolute atomic E-state index is 11.5. The molecule has 1 N–H and O–H groups in total. The summed E-state index contributed by atoms with van der Waals surface area (Å²) in [6.45, 7) is 2.77. The molecule has 19 heavy (non-hydrogen) atoms. The van der Waals surface area contributed by atoms with Crippen LogP contribution in [0.25, 0.3) is 0 Å². The van der Waals surface area contributed by atoms with Crippen molar-refractivity contribution in [3.63, 3.8) is 0 Å². The largest absolute Gasteiger partial charge is 0.469 e.